The number of carbonyl (C=O) groups excluding carboxylic acids is 1. The smallest absolute Gasteiger partial charge is 0.230 e. The van der Waals surface area contributed by atoms with Gasteiger partial charge in [-0.05, 0) is 37.5 Å². The molecule has 136 valence electrons. The van der Waals surface area contributed by atoms with E-state index in [2.05, 4.69) is 5.32 Å². The van der Waals surface area contributed by atoms with Crippen LogP contribution in [0.5, 0.6) is 5.75 Å². The number of nitrogens with one attached hydrogen (secondary N) is 1. The quantitative estimate of drug-likeness (QED) is 0.764. The summed E-state index contributed by atoms with van der Waals surface area (Å²) in [6.45, 7) is 9.35. The molecule has 6 heteroatoms. The molecular formula is C18H29NO4S. The van der Waals surface area contributed by atoms with Crippen LogP contribution >= 0.6 is 0 Å². The summed E-state index contributed by atoms with van der Waals surface area (Å²) in [6, 6.07) is 4.62. The van der Waals surface area contributed by atoms with Crippen LogP contribution in [0.25, 0.3) is 0 Å². The Balaban J connectivity index is 3.30. The van der Waals surface area contributed by atoms with Crippen molar-refractivity contribution in [1.29, 1.82) is 0 Å². The summed E-state index contributed by atoms with van der Waals surface area (Å²) in [5.41, 5.74) is -0.161. The Hall–Kier alpha value is -1.56. The number of benzene rings is 1. The zero-order chi connectivity index (χ0) is 18.5. The minimum absolute atomic E-state index is 0.166. The molecule has 0 bridgehead atoms. The van der Waals surface area contributed by atoms with Crippen LogP contribution in [0, 0.1) is 5.41 Å². The average Bonchev–Trinajstić information content (AvgIpc) is 2.55. The van der Waals surface area contributed by atoms with Crippen LogP contribution in [0.2, 0.25) is 0 Å². The lowest BCUT2D eigenvalue weighted by Crippen LogP contribution is -2.30. The van der Waals surface area contributed by atoms with Gasteiger partial charge in [-0.2, -0.15) is 0 Å². The van der Waals surface area contributed by atoms with E-state index in [9.17, 15) is 13.2 Å². The van der Waals surface area contributed by atoms with Crippen LogP contribution in [0.15, 0.2) is 23.1 Å². The summed E-state index contributed by atoms with van der Waals surface area (Å²) in [6.07, 6.45) is 1.78. The molecule has 0 saturated carbocycles. The summed E-state index contributed by atoms with van der Waals surface area (Å²) < 4.78 is 30.7. The van der Waals surface area contributed by atoms with E-state index >= 15 is 0 Å². The van der Waals surface area contributed by atoms with Crippen molar-refractivity contribution in [2.45, 2.75) is 64.0 Å². The summed E-state index contributed by atoms with van der Waals surface area (Å²) in [5, 5.41) is 2.38. The molecule has 0 aliphatic heterocycles. The molecule has 1 amide bonds. The van der Waals surface area contributed by atoms with Crippen LogP contribution in [0.1, 0.15) is 53.9 Å². The third kappa shape index (κ3) is 4.29. The van der Waals surface area contributed by atoms with Gasteiger partial charge in [0.2, 0.25) is 5.91 Å². The first kappa shape index (κ1) is 20.5. The highest BCUT2D eigenvalue weighted by atomic mass is 32.2. The second kappa shape index (κ2) is 8.01. The molecule has 1 aromatic rings. The highest BCUT2D eigenvalue weighted by Crippen LogP contribution is 2.32. The second-order valence-electron chi connectivity index (χ2n) is 6.54. The zero-order valence-corrected chi connectivity index (χ0v) is 16.3. The highest BCUT2D eigenvalue weighted by Gasteiger charge is 2.28. The Labute approximate surface area is 145 Å². The van der Waals surface area contributed by atoms with Gasteiger partial charge in [-0.15, -0.1) is 0 Å². The number of carbonyl (C=O) groups is 1. The largest absolute Gasteiger partial charge is 0.495 e. The van der Waals surface area contributed by atoms with Crippen molar-refractivity contribution in [2.24, 2.45) is 5.41 Å². The van der Waals surface area contributed by atoms with Gasteiger partial charge in [0, 0.05) is 5.41 Å². The number of sulfone groups is 1. The lowest BCUT2D eigenvalue weighted by Gasteiger charge is -2.23. The number of ether oxygens (including phenoxy) is 1. The predicted molar refractivity (Wildman–Crippen MR) is 97.3 cm³/mol. The maximum Gasteiger partial charge on any atom is 0.230 e. The van der Waals surface area contributed by atoms with E-state index in [1.165, 1.54) is 19.2 Å². The molecule has 0 fully saturated rings. The van der Waals surface area contributed by atoms with Crippen LogP contribution in [0.4, 0.5) is 5.69 Å². The van der Waals surface area contributed by atoms with Gasteiger partial charge in [0.25, 0.3) is 0 Å². The standard InChI is InChI=1S/C18H29NO4S/c1-7-13(8-2)24(21,22)14-10-11-16(23-6)15(12-14)19-17(20)18(4,5)9-3/h10-13H,7-9H2,1-6H3,(H,19,20). The lowest BCUT2D eigenvalue weighted by molar-refractivity contribution is -0.124. The number of methoxy groups -OCH3 is 1. The molecule has 1 rings (SSSR count). The SMILES string of the molecule is CCC(CC)S(=O)(=O)c1ccc(OC)c(NC(=O)C(C)(C)CC)c1. The molecule has 0 saturated heterocycles. The third-order valence-electron chi connectivity index (χ3n) is 4.60. The number of amides is 1. The minimum Gasteiger partial charge on any atom is -0.495 e. The molecule has 0 unspecified atom stereocenters. The Morgan fingerprint density at radius 1 is 1.21 bits per heavy atom. The first-order valence-electron chi connectivity index (χ1n) is 8.37. The van der Waals surface area contributed by atoms with Crippen molar-refractivity contribution in [3.8, 4) is 5.75 Å². The van der Waals surface area contributed by atoms with Crippen LogP contribution in [0.3, 0.4) is 0 Å². The highest BCUT2D eigenvalue weighted by molar-refractivity contribution is 7.92. The van der Waals surface area contributed by atoms with Gasteiger partial charge in [0.1, 0.15) is 5.75 Å². The van der Waals surface area contributed by atoms with Crippen LogP contribution in [-0.4, -0.2) is 26.7 Å². The number of hydrogen-bond acceptors (Lipinski definition) is 4. The van der Waals surface area contributed by atoms with E-state index < -0.39 is 20.5 Å². The fraction of sp³-hybridized carbons (Fsp3) is 0.611. The minimum atomic E-state index is -3.43. The van der Waals surface area contributed by atoms with Crippen molar-refractivity contribution in [3.63, 3.8) is 0 Å². The molecule has 1 aromatic carbocycles. The van der Waals surface area contributed by atoms with Gasteiger partial charge in [-0.3, -0.25) is 4.79 Å². The van der Waals surface area contributed by atoms with Crippen molar-refractivity contribution in [3.05, 3.63) is 18.2 Å². The molecule has 0 aliphatic carbocycles. The Morgan fingerprint density at radius 3 is 2.25 bits per heavy atom. The molecule has 0 aliphatic rings. The van der Waals surface area contributed by atoms with Gasteiger partial charge < -0.3 is 10.1 Å². The molecule has 0 aromatic heterocycles. The Bertz CT molecular complexity index is 676. The fourth-order valence-corrected chi connectivity index (χ4v) is 4.14. The van der Waals surface area contributed by atoms with Crippen LogP contribution in [-0.2, 0) is 14.6 Å². The molecule has 0 atom stereocenters. The van der Waals surface area contributed by atoms with Gasteiger partial charge in [0.05, 0.1) is 22.9 Å². The number of rotatable bonds is 8. The summed E-state index contributed by atoms with van der Waals surface area (Å²) in [7, 11) is -1.94. The predicted octanol–water partition coefficient (Wildman–Crippen LogP) is 4.03. The van der Waals surface area contributed by atoms with Crippen molar-refractivity contribution in [2.75, 3.05) is 12.4 Å². The van der Waals surface area contributed by atoms with Gasteiger partial charge in [0.15, 0.2) is 9.84 Å². The molecule has 24 heavy (non-hydrogen) atoms. The van der Waals surface area contributed by atoms with E-state index in [-0.39, 0.29) is 10.8 Å². The first-order chi connectivity index (χ1) is 11.1. The van der Waals surface area contributed by atoms with E-state index in [0.29, 0.717) is 30.7 Å². The monoisotopic (exact) mass is 355 g/mol. The molecule has 1 N–H and O–H groups in total. The van der Waals surface area contributed by atoms with Crippen molar-refractivity contribution < 1.29 is 17.9 Å². The average molecular weight is 356 g/mol. The number of hydrogen-bond donors (Lipinski definition) is 1. The first-order valence-corrected chi connectivity index (χ1v) is 9.92. The Kier molecular flexibility index (Phi) is 6.84. The summed E-state index contributed by atoms with van der Waals surface area (Å²) >= 11 is 0. The molecule has 0 spiro atoms. The molecule has 0 heterocycles. The molecule has 5 nitrogen and oxygen atoms in total. The lowest BCUT2D eigenvalue weighted by atomic mass is 9.89. The maximum atomic E-state index is 12.7. The zero-order valence-electron chi connectivity index (χ0n) is 15.5. The van der Waals surface area contributed by atoms with Gasteiger partial charge in [-0.1, -0.05) is 34.6 Å². The third-order valence-corrected chi connectivity index (χ3v) is 7.05. The second-order valence-corrected chi connectivity index (χ2v) is 8.77. The van der Waals surface area contributed by atoms with Crippen LogP contribution < -0.4 is 10.1 Å². The topological polar surface area (TPSA) is 72.5 Å². The fourth-order valence-electron chi connectivity index (χ4n) is 2.33. The normalized spacial score (nSPS) is 12.3. The van der Waals surface area contributed by atoms with E-state index in [0.717, 1.165) is 0 Å². The van der Waals surface area contributed by atoms with Gasteiger partial charge in [-0.25, -0.2) is 8.42 Å². The number of anilines is 1. The molecule has 0 radical (unpaired) electrons. The summed E-state index contributed by atoms with van der Waals surface area (Å²) in [4.78, 5) is 12.6. The van der Waals surface area contributed by atoms with Gasteiger partial charge >= 0.3 is 0 Å². The van der Waals surface area contributed by atoms with E-state index in [1.807, 2.05) is 34.6 Å². The van der Waals surface area contributed by atoms with E-state index in [1.54, 1.807) is 6.07 Å². The summed E-state index contributed by atoms with van der Waals surface area (Å²) in [5.74, 6) is 0.277. The maximum absolute atomic E-state index is 12.7. The van der Waals surface area contributed by atoms with Crippen molar-refractivity contribution >= 4 is 21.4 Å². The Morgan fingerprint density at radius 2 is 1.79 bits per heavy atom. The van der Waals surface area contributed by atoms with Crippen molar-refractivity contribution in [1.82, 2.24) is 0 Å². The molecular weight excluding hydrogens is 326 g/mol. The van der Waals surface area contributed by atoms with E-state index in [4.69, 9.17) is 4.74 Å².